The summed E-state index contributed by atoms with van der Waals surface area (Å²) in [5.41, 5.74) is 5.90. The molecule has 0 unspecified atom stereocenters. The van der Waals surface area contributed by atoms with Crippen LogP contribution in [0.2, 0.25) is 0 Å². The highest BCUT2D eigenvalue weighted by Crippen LogP contribution is 2.21. The van der Waals surface area contributed by atoms with Gasteiger partial charge in [-0.3, -0.25) is 19.2 Å². The number of carbonyl (C=O) groups is 4. The molecule has 0 bridgehead atoms. The molecule has 324 valence electrons. The molecular weight excluding hydrogens is 823 g/mol. The average Bonchev–Trinajstić information content (AvgIpc) is 3.93. The number of ketones is 1. The molecular formula is C44H45N5O12S. The van der Waals surface area contributed by atoms with Gasteiger partial charge < -0.3 is 29.0 Å². The van der Waals surface area contributed by atoms with E-state index in [0.29, 0.717) is 58.5 Å². The number of esters is 2. The van der Waals surface area contributed by atoms with E-state index in [9.17, 15) is 39.4 Å². The molecule has 0 aliphatic carbocycles. The fourth-order valence-corrected chi connectivity index (χ4v) is 6.70. The summed E-state index contributed by atoms with van der Waals surface area (Å²) in [5, 5.41) is 25.5. The molecule has 0 saturated carbocycles. The number of hydrogen-bond acceptors (Lipinski definition) is 14. The van der Waals surface area contributed by atoms with Gasteiger partial charge in [0.25, 0.3) is 16.1 Å². The van der Waals surface area contributed by atoms with Gasteiger partial charge >= 0.3 is 11.9 Å². The lowest BCUT2D eigenvalue weighted by molar-refractivity contribution is -0.763. The molecule has 0 aliphatic rings. The number of allylic oxidation sites excluding steroid dienone is 1. The van der Waals surface area contributed by atoms with E-state index in [-0.39, 0.29) is 51.6 Å². The number of unbranched alkanes of at least 4 members (excludes halogenated alkanes) is 1. The summed E-state index contributed by atoms with van der Waals surface area (Å²) in [4.78, 5) is 85.9. The number of nitrogens with zero attached hydrogens (tertiary/aromatic N) is 4. The third-order valence-corrected chi connectivity index (χ3v) is 10.1. The van der Waals surface area contributed by atoms with Crippen molar-refractivity contribution in [1.29, 1.82) is 0 Å². The lowest BCUT2D eigenvalue weighted by atomic mass is 9.99. The third-order valence-electron chi connectivity index (χ3n) is 9.40. The smallest absolute Gasteiger partial charge is 0.325 e. The Labute approximate surface area is 360 Å². The molecule has 0 radical (unpaired) electrons. The summed E-state index contributed by atoms with van der Waals surface area (Å²) < 4.78 is 12.7. The van der Waals surface area contributed by atoms with E-state index in [1.807, 2.05) is 39.6 Å². The van der Waals surface area contributed by atoms with Crippen LogP contribution in [0.1, 0.15) is 87.9 Å². The first-order chi connectivity index (χ1) is 29.9. The molecule has 0 aliphatic heterocycles. The monoisotopic (exact) mass is 867 g/mol. The van der Waals surface area contributed by atoms with Crippen LogP contribution in [-0.2, 0) is 79.3 Å². The van der Waals surface area contributed by atoms with Crippen molar-refractivity contribution in [1.82, 2.24) is 14.9 Å². The van der Waals surface area contributed by atoms with E-state index in [0.717, 1.165) is 29.8 Å². The van der Waals surface area contributed by atoms with Crippen LogP contribution in [0.15, 0.2) is 101 Å². The van der Waals surface area contributed by atoms with E-state index in [1.54, 1.807) is 66.9 Å². The summed E-state index contributed by atoms with van der Waals surface area (Å²) in [6.07, 6.45) is 6.28. The number of Topliss-reactive ketones (excluding diaryl/α,β-unsaturated/α-hetero) is 1. The second kappa shape index (κ2) is 23.5. The summed E-state index contributed by atoms with van der Waals surface area (Å²) in [5.74, 6) is -1.01. The standard InChI is InChI=1S/C44H45N5O12S/c1-2-3-4-41-45-23-39(22-38(21-36-19-20-62-30-36)40(50)17-18-42(51)58-26-32-5-9-34(10-6-32)28-60-48(54)55)47(41)25-31-13-15-37(16-14-31)44(53)46-24-43(52)59-27-33-7-11-35(12-8-33)29-61-49(56)57/h5-16,19-20,22-23,30H,2-4,17-18,21,24-29H2,1H3,(H,46,53). The van der Waals surface area contributed by atoms with Crippen LogP contribution >= 0.6 is 11.3 Å². The number of nitrogens with one attached hydrogen (secondary N) is 1. The molecule has 1 N–H and O–H groups in total. The van der Waals surface area contributed by atoms with Gasteiger partial charge in [-0.25, -0.2) is 4.98 Å². The van der Waals surface area contributed by atoms with Gasteiger partial charge in [0.2, 0.25) is 0 Å². The van der Waals surface area contributed by atoms with Gasteiger partial charge in [-0.05, 0) is 74.8 Å². The van der Waals surface area contributed by atoms with Crippen molar-refractivity contribution >= 4 is 41.0 Å². The fourth-order valence-electron chi connectivity index (χ4n) is 6.03. The number of hydrogen-bond donors (Lipinski definition) is 1. The van der Waals surface area contributed by atoms with Gasteiger partial charge in [-0.1, -0.05) is 74.0 Å². The van der Waals surface area contributed by atoms with Crippen molar-refractivity contribution < 1.29 is 48.5 Å². The Morgan fingerprint density at radius 2 is 1.31 bits per heavy atom. The molecule has 62 heavy (non-hydrogen) atoms. The topological polar surface area (TPSA) is 221 Å². The highest BCUT2D eigenvalue weighted by molar-refractivity contribution is 7.07. The molecule has 0 atom stereocenters. The fraction of sp³-hybridized carbons (Fsp3) is 0.295. The van der Waals surface area contributed by atoms with Crippen LogP contribution in [0.25, 0.3) is 6.08 Å². The Morgan fingerprint density at radius 1 is 0.742 bits per heavy atom. The highest BCUT2D eigenvalue weighted by Gasteiger charge is 2.18. The van der Waals surface area contributed by atoms with E-state index in [4.69, 9.17) is 14.5 Å². The first kappa shape index (κ1) is 45.9. The average molecular weight is 868 g/mol. The second-order valence-electron chi connectivity index (χ2n) is 14.0. The molecule has 5 aromatic rings. The Morgan fingerprint density at radius 3 is 1.85 bits per heavy atom. The maximum Gasteiger partial charge on any atom is 0.325 e. The van der Waals surface area contributed by atoms with Crippen molar-refractivity contribution in [3.05, 3.63) is 172 Å². The van der Waals surface area contributed by atoms with Crippen LogP contribution in [0.5, 0.6) is 0 Å². The number of aryl methyl sites for hydroxylation is 1. The summed E-state index contributed by atoms with van der Waals surface area (Å²) in [6.45, 7) is 1.70. The molecule has 2 aromatic heterocycles. The predicted octanol–water partition coefficient (Wildman–Crippen LogP) is 6.94. The van der Waals surface area contributed by atoms with Gasteiger partial charge in [-0.15, -0.1) is 20.2 Å². The van der Waals surface area contributed by atoms with Gasteiger partial charge in [0.05, 0.1) is 18.3 Å². The Hall–Kier alpha value is -7.21. The molecule has 2 heterocycles. The molecule has 3 aromatic carbocycles. The third kappa shape index (κ3) is 15.1. The Balaban J connectivity index is 1.19. The quantitative estimate of drug-likeness (QED) is 0.0272. The minimum atomic E-state index is -0.876. The van der Waals surface area contributed by atoms with Crippen LogP contribution in [0.4, 0.5) is 0 Å². The number of imidazole rings is 1. The molecule has 0 spiro atoms. The van der Waals surface area contributed by atoms with Crippen molar-refractivity contribution in [2.24, 2.45) is 0 Å². The molecule has 18 heteroatoms. The number of amides is 1. The Bertz CT molecular complexity index is 2320. The van der Waals surface area contributed by atoms with Crippen LogP contribution in [0.3, 0.4) is 0 Å². The van der Waals surface area contributed by atoms with E-state index in [2.05, 4.69) is 21.9 Å². The largest absolute Gasteiger partial charge is 0.461 e. The lowest BCUT2D eigenvalue weighted by Gasteiger charge is -2.13. The van der Waals surface area contributed by atoms with Gasteiger partial charge in [0, 0.05) is 36.9 Å². The molecule has 1 amide bonds. The summed E-state index contributed by atoms with van der Waals surface area (Å²) in [6, 6.07) is 22.1. The van der Waals surface area contributed by atoms with E-state index in [1.165, 1.54) is 11.3 Å². The summed E-state index contributed by atoms with van der Waals surface area (Å²) in [7, 11) is 0. The number of ether oxygens (including phenoxy) is 2. The van der Waals surface area contributed by atoms with E-state index >= 15 is 0 Å². The zero-order valence-corrected chi connectivity index (χ0v) is 34.7. The van der Waals surface area contributed by atoms with Crippen molar-refractivity contribution in [2.45, 2.75) is 78.4 Å². The van der Waals surface area contributed by atoms with Crippen LogP contribution in [0, 0.1) is 20.2 Å². The van der Waals surface area contributed by atoms with Crippen molar-refractivity contribution in [3.8, 4) is 0 Å². The zero-order chi connectivity index (χ0) is 44.3. The predicted molar refractivity (Wildman–Crippen MR) is 225 cm³/mol. The zero-order valence-electron chi connectivity index (χ0n) is 33.9. The summed E-state index contributed by atoms with van der Waals surface area (Å²) >= 11 is 1.52. The number of benzene rings is 3. The number of aromatic nitrogens is 2. The lowest BCUT2D eigenvalue weighted by Crippen LogP contribution is -2.30. The minimum absolute atomic E-state index is 0.0197. The van der Waals surface area contributed by atoms with Gasteiger partial charge in [0.15, 0.2) is 5.78 Å². The maximum atomic E-state index is 13.7. The van der Waals surface area contributed by atoms with Gasteiger partial charge in [-0.2, -0.15) is 11.3 Å². The molecule has 5 rings (SSSR count). The van der Waals surface area contributed by atoms with E-state index < -0.39 is 28.0 Å². The number of rotatable bonds is 25. The van der Waals surface area contributed by atoms with Crippen molar-refractivity contribution in [3.63, 3.8) is 0 Å². The van der Waals surface area contributed by atoms with Crippen molar-refractivity contribution in [2.75, 3.05) is 6.54 Å². The van der Waals surface area contributed by atoms with Crippen LogP contribution in [-0.4, -0.2) is 49.9 Å². The minimum Gasteiger partial charge on any atom is -0.461 e. The normalized spacial score (nSPS) is 11.1. The highest BCUT2D eigenvalue weighted by atomic mass is 32.1. The SMILES string of the molecule is CCCCc1ncc(C=C(Cc2ccsc2)C(=O)CCC(=O)OCc2ccc(CO[N+](=O)[O-])cc2)n1Cc1ccc(C(=O)NCC(=O)OCc2ccc(CO[N+](=O)[O-])cc2)cc1. The molecule has 17 nitrogen and oxygen atoms in total. The molecule has 0 fully saturated rings. The second-order valence-corrected chi connectivity index (χ2v) is 14.8. The van der Waals surface area contributed by atoms with Crippen LogP contribution < -0.4 is 5.32 Å². The molecule has 0 saturated heterocycles. The number of carbonyl (C=O) groups excluding carboxylic acids is 4. The maximum absolute atomic E-state index is 13.7. The van der Waals surface area contributed by atoms with Gasteiger partial charge in [0.1, 0.15) is 38.8 Å². The number of thiophene rings is 1. The first-order valence-electron chi connectivity index (χ1n) is 19.6. The Kier molecular flexibility index (Phi) is 17.4. The first-order valence-corrected chi connectivity index (χ1v) is 20.6.